The molecule has 180 valence electrons. The Balaban J connectivity index is 1.61. The van der Waals surface area contributed by atoms with Crippen LogP contribution in [0.3, 0.4) is 0 Å². The van der Waals surface area contributed by atoms with Crippen LogP contribution in [-0.2, 0) is 4.79 Å². The number of ketones is 1. The van der Waals surface area contributed by atoms with E-state index in [0.717, 1.165) is 24.7 Å². The van der Waals surface area contributed by atoms with E-state index in [1.807, 2.05) is 0 Å². The second kappa shape index (κ2) is 7.84. The predicted octanol–water partition coefficient (Wildman–Crippen LogP) is 8.79. The lowest BCUT2D eigenvalue weighted by atomic mass is 9.41. The minimum Gasteiger partial charge on any atom is -0.299 e. The standard InChI is InChI=1S/C31H50O/c1-20(2)21(3)10-11-22(4)23-14-18-31(9)25-12-13-26-28(5,6)27(32)16-17-29(26,7)24(25)15-19-30(23,31)8/h15,20,22-23,25-26H,3,10-14,16-19H2,1-2,4-9H3/t22-,23-,25-,26+,29-,30-,31+/m1/s1. The second-order valence-electron chi connectivity index (χ2n) is 13.9. The average Bonchev–Trinajstić information content (AvgIpc) is 3.00. The van der Waals surface area contributed by atoms with E-state index in [0.29, 0.717) is 34.4 Å². The van der Waals surface area contributed by atoms with Crippen LogP contribution in [0.25, 0.3) is 0 Å². The first-order chi connectivity index (χ1) is 14.8. The molecule has 1 nitrogen and oxygen atoms in total. The zero-order valence-corrected chi connectivity index (χ0v) is 22.4. The molecule has 0 aromatic rings. The molecule has 4 aliphatic rings. The maximum atomic E-state index is 12.8. The second-order valence-corrected chi connectivity index (χ2v) is 13.9. The number of hydrogen-bond acceptors (Lipinski definition) is 1. The van der Waals surface area contributed by atoms with Gasteiger partial charge in [0.15, 0.2) is 0 Å². The fourth-order valence-corrected chi connectivity index (χ4v) is 9.39. The van der Waals surface area contributed by atoms with Crippen molar-refractivity contribution in [3.8, 4) is 0 Å². The Hall–Kier alpha value is -0.850. The van der Waals surface area contributed by atoms with Gasteiger partial charge in [0.05, 0.1) is 0 Å². The van der Waals surface area contributed by atoms with Crippen molar-refractivity contribution in [2.24, 2.45) is 51.2 Å². The summed E-state index contributed by atoms with van der Waals surface area (Å²) in [6.45, 7) is 23.8. The number of carbonyl (C=O) groups is 1. The number of hydrogen-bond donors (Lipinski definition) is 0. The molecule has 0 aliphatic heterocycles. The van der Waals surface area contributed by atoms with Crippen LogP contribution in [0.15, 0.2) is 23.8 Å². The van der Waals surface area contributed by atoms with Crippen LogP contribution >= 0.6 is 0 Å². The molecule has 7 atom stereocenters. The van der Waals surface area contributed by atoms with E-state index >= 15 is 0 Å². The topological polar surface area (TPSA) is 17.1 Å². The smallest absolute Gasteiger partial charge is 0.138 e. The van der Waals surface area contributed by atoms with Gasteiger partial charge < -0.3 is 0 Å². The molecule has 0 saturated heterocycles. The molecule has 0 radical (unpaired) electrons. The lowest BCUT2D eigenvalue weighted by Gasteiger charge is -2.63. The molecule has 0 N–H and O–H groups in total. The minimum absolute atomic E-state index is 0.161. The first-order valence-electron chi connectivity index (χ1n) is 13.7. The van der Waals surface area contributed by atoms with E-state index in [2.05, 4.69) is 68.0 Å². The van der Waals surface area contributed by atoms with Crippen LogP contribution in [0.5, 0.6) is 0 Å². The predicted molar refractivity (Wildman–Crippen MR) is 136 cm³/mol. The van der Waals surface area contributed by atoms with E-state index in [-0.39, 0.29) is 10.8 Å². The lowest BCUT2D eigenvalue weighted by Crippen LogP contribution is -2.56. The fourth-order valence-electron chi connectivity index (χ4n) is 9.39. The molecule has 0 heterocycles. The van der Waals surface area contributed by atoms with Gasteiger partial charge >= 0.3 is 0 Å². The summed E-state index contributed by atoms with van der Waals surface area (Å²) < 4.78 is 0. The molecule has 3 saturated carbocycles. The van der Waals surface area contributed by atoms with Crippen LogP contribution in [0.4, 0.5) is 0 Å². The van der Waals surface area contributed by atoms with E-state index in [4.69, 9.17) is 0 Å². The molecule has 4 rings (SSSR count). The quantitative estimate of drug-likeness (QED) is 0.392. The Morgan fingerprint density at radius 1 is 1.03 bits per heavy atom. The normalized spacial score (nSPS) is 43.8. The van der Waals surface area contributed by atoms with Gasteiger partial charge in [0.25, 0.3) is 0 Å². The van der Waals surface area contributed by atoms with Crippen LogP contribution in [-0.4, -0.2) is 5.78 Å². The van der Waals surface area contributed by atoms with E-state index < -0.39 is 0 Å². The lowest BCUT2D eigenvalue weighted by molar-refractivity contribution is -0.142. The summed E-state index contributed by atoms with van der Waals surface area (Å²) in [5, 5.41) is 0. The highest BCUT2D eigenvalue weighted by molar-refractivity contribution is 5.85. The molecule has 1 heteroatoms. The largest absolute Gasteiger partial charge is 0.299 e. The molecule has 0 aromatic heterocycles. The Morgan fingerprint density at radius 3 is 2.38 bits per heavy atom. The minimum atomic E-state index is -0.161. The summed E-state index contributed by atoms with van der Waals surface area (Å²) in [7, 11) is 0. The molecule has 3 fully saturated rings. The summed E-state index contributed by atoms with van der Waals surface area (Å²) in [6, 6.07) is 0. The number of Topliss-reactive ketones (excluding diaryl/α,β-unsaturated/α-hetero) is 1. The molecular weight excluding hydrogens is 388 g/mol. The highest BCUT2D eigenvalue weighted by atomic mass is 16.1. The third kappa shape index (κ3) is 3.26. The van der Waals surface area contributed by atoms with E-state index in [9.17, 15) is 4.79 Å². The number of allylic oxidation sites excluding steroid dienone is 3. The monoisotopic (exact) mass is 438 g/mol. The first-order valence-corrected chi connectivity index (χ1v) is 13.7. The van der Waals surface area contributed by atoms with Gasteiger partial charge in [-0.3, -0.25) is 4.79 Å². The van der Waals surface area contributed by atoms with Crippen molar-refractivity contribution in [1.82, 2.24) is 0 Å². The van der Waals surface area contributed by atoms with E-state index in [1.165, 1.54) is 50.5 Å². The first kappa shape index (κ1) is 24.3. The van der Waals surface area contributed by atoms with Gasteiger partial charge in [0.1, 0.15) is 5.78 Å². The van der Waals surface area contributed by atoms with Gasteiger partial charge in [-0.05, 0) is 97.2 Å². The van der Waals surface area contributed by atoms with Crippen LogP contribution in [0.1, 0.15) is 113 Å². The molecule has 4 aliphatic carbocycles. The number of fused-ring (bicyclic) bond motifs is 5. The van der Waals surface area contributed by atoms with Gasteiger partial charge in [-0.15, -0.1) is 0 Å². The summed E-state index contributed by atoms with van der Waals surface area (Å²) in [6.07, 6.45) is 13.6. The van der Waals surface area contributed by atoms with Crippen LogP contribution < -0.4 is 0 Å². The molecule has 0 aromatic carbocycles. The molecule has 0 amide bonds. The summed E-state index contributed by atoms with van der Waals surface area (Å²) >= 11 is 0. The van der Waals surface area contributed by atoms with Gasteiger partial charge in [-0.1, -0.05) is 79.2 Å². The molecule has 0 bridgehead atoms. The maximum absolute atomic E-state index is 12.8. The van der Waals surface area contributed by atoms with Gasteiger partial charge in [-0.2, -0.15) is 0 Å². The van der Waals surface area contributed by atoms with Crippen molar-refractivity contribution in [2.45, 2.75) is 113 Å². The zero-order valence-electron chi connectivity index (χ0n) is 22.4. The average molecular weight is 439 g/mol. The van der Waals surface area contributed by atoms with Crippen LogP contribution in [0, 0.1) is 51.2 Å². The van der Waals surface area contributed by atoms with Crippen LogP contribution in [0.2, 0.25) is 0 Å². The summed E-state index contributed by atoms with van der Waals surface area (Å²) in [5.41, 5.74) is 4.06. The number of carbonyl (C=O) groups excluding carboxylic acids is 1. The fraction of sp³-hybridized carbons (Fsp3) is 0.839. The summed E-state index contributed by atoms with van der Waals surface area (Å²) in [4.78, 5) is 12.8. The third-order valence-electron chi connectivity index (χ3n) is 12.0. The number of rotatable bonds is 5. The highest BCUT2D eigenvalue weighted by Crippen LogP contribution is 2.72. The third-order valence-corrected chi connectivity index (χ3v) is 12.0. The van der Waals surface area contributed by atoms with Crippen molar-refractivity contribution < 1.29 is 4.79 Å². The van der Waals surface area contributed by atoms with Gasteiger partial charge in [0, 0.05) is 11.8 Å². The Bertz CT molecular complexity index is 814. The Kier molecular flexibility index (Phi) is 5.95. The van der Waals surface area contributed by atoms with Crippen molar-refractivity contribution in [1.29, 1.82) is 0 Å². The highest BCUT2D eigenvalue weighted by Gasteiger charge is 2.65. The SMILES string of the molecule is C=C(CC[C@@H](C)[C@H]1CC[C@@]2(C)[C@@H]3CC[C@H]4C(C)(C)C(=O)CC[C@]4(C)C3=CC[C@]12C)C(C)C. The molecule has 0 spiro atoms. The molecule has 32 heavy (non-hydrogen) atoms. The molecular formula is C31H50O. The van der Waals surface area contributed by atoms with Crippen molar-refractivity contribution in [3.63, 3.8) is 0 Å². The Morgan fingerprint density at radius 2 is 1.72 bits per heavy atom. The van der Waals surface area contributed by atoms with Gasteiger partial charge in [-0.25, -0.2) is 0 Å². The zero-order chi connectivity index (χ0) is 23.7. The van der Waals surface area contributed by atoms with Crippen molar-refractivity contribution in [2.75, 3.05) is 0 Å². The molecule has 0 unspecified atom stereocenters. The van der Waals surface area contributed by atoms with Crippen molar-refractivity contribution >= 4 is 5.78 Å². The van der Waals surface area contributed by atoms with Gasteiger partial charge in [0.2, 0.25) is 0 Å². The van der Waals surface area contributed by atoms with Crippen molar-refractivity contribution in [3.05, 3.63) is 23.8 Å². The van der Waals surface area contributed by atoms with E-state index in [1.54, 1.807) is 5.57 Å². The Labute approximate surface area is 198 Å². The summed E-state index contributed by atoms with van der Waals surface area (Å²) in [5.74, 6) is 3.93. The maximum Gasteiger partial charge on any atom is 0.138 e.